The molecule has 0 spiro atoms. The molecule has 1 N–H and O–H groups in total. The summed E-state index contributed by atoms with van der Waals surface area (Å²) in [7, 11) is 4.95. The summed E-state index contributed by atoms with van der Waals surface area (Å²) in [5, 5.41) is 9.43. The van der Waals surface area contributed by atoms with E-state index in [4.69, 9.17) is 4.74 Å². The van der Waals surface area contributed by atoms with Gasteiger partial charge in [-0.15, -0.1) is 0 Å². The van der Waals surface area contributed by atoms with Crippen molar-refractivity contribution >= 4 is 34.0 Å². The van der Waals surface area contributed by atoms with Gasteiger partial charge in [-0.05, 0) is 24.3 Å². The van der Waals surface area contributed by atoms with Crippen LogP contribution in [0.15, 0.2) is 36.4 Å². The van der Waals surface area contributed by atoms with Gasteiger partial charge in [0.15, 0.2) is 11.6 Å². The van der Waals surface area contributed by atoms with Crippen LogP contribution in [0.3, 0.4) is 0 Å². The molecule has 0 aliphatic heterocycles. The number of ether oxygens (including phenoxy) is 1. The van der Waals surface area contributed by atoms with Gasteiger partial charge in [-0.25, -0.2) is 19.6 Å². The summed E-state index contributed by atoms with van der Waals surface area (Å²) in [5.41, 5.74) is 2.82. The minimum absolute atomic E-state index is 0.128. The first-order valence-electron chi connectivity index (χ1n) is 8.17. The van der Waals surface area contributed by atoms with Crippen LogP contribution in [-0.2, 0) is 18.8 Å². The first kappa shape index (κ1) is 16.8. The molecular weight excluding hydrogens is 348 g/mol. The number of esters is 1. The Hall–Kier alpha value is -3.68. The fraction of sp³-hybridized carbons (Fsp3) is 0.158. The standard InChI is InChI=1S/C19H16N4O4/c1-22-12-8-4-6-10(18(24)25)14(12)20-16(22)17-21-15-11(19(26)27-3)7-5-9-13(15)23(17)2/h4-9H,1-3H3,(H,24,25). The molecule has 8 heteroatoms. The number of hydrogen-bond donors (Lipinski definition) is 1. The van der Waals surface area contributed by atoms with Crippen molar-refractivity contribution in [3.8, 4) is 11.6 Å². The van der Waals surface area contributed by atoms with E-state index in [0.29, 0.717) is 33.8 Å². The lowest BCUT2D eigenvalue weighted by Crippen LogP contribution is -2.01. The monoisotopic (exact) mass is 364 g/mol. The highest BCUT2D eigenvalue weighted by molar-refractivity contribution is 6.04. The number of hydrogen-bond acceptors (Lipinski definition) is 5. The topological polar surface area (TPSA) is 99.2 Å². The molecule has 2 aromatic heterocycles. The van der Waals surface area contributed by atoms with Gasteiger partial charge < -0.3 is 19.0 Å². The molecule has 27 heavy (non-hydrogen) atoms. The van der Waals surface area contributed by atoms with Crippen molar-refractivity contribution in [1.82, 2.24) is 19.1 Å². The van der Waals surface area contributed by atoms with E-state index in [-0.39, 0.29) is 5.56 Å². The molecule has 8 nitrogen and oxygen atoms in total. The number of carboxylic acid groups (broad SMARTS) is 1. The van der Waals surface area contributed by atoms with Crippen LogP contribution in [0, 0.1) is 0 Å². The van der Waals surface area contributed by atoms with Crippen LogP contribution in [0.1, 0.15) is 20.7 Å². The van der Waals surface area contributed by atoms with Crippen LogP contribution in [0.4, 0.5) is 0 Å². The first-order valence-corrected chi connectivity index (χ1v) is 8.17. The molecule has 0 saturated carbocycles. The quantitative estimate of drug-likeness (QED) is 0.561. The normalized spacial score (nSPS) is 11.2. The van der Waals surface area contributed by atoms with Crippen LogP contribution in [0.5, 0.6) is 0 Å². The van der Waals surface area contributed by atoms with Gasteiger partial charge in [-0.2, -0.15) is 0 Å². The van der Waals surface area contributed by atoms with Gasteiger partial charge in [0.05, 0.1) is 29.3 Å². The third-order valence-electron chi connectivity index (χ3n) is 4.66. The average molecular weight is 364 g/mol. The second kappa shape index (κ2) is 5.94. The molecular formula is C19H16N4O4. The Morgan fingerprint density at radius 1 is 0.889 bits per heavy atom. The number of carbonyl (C=O) groups is 2. The van der Waals surface area contributed by atoms with E-state index in [1.165, 1.54) is 13.2 Å². The summed E-state index contributed by atoms with van der Waals surface area (Å²) in [6, 6.07) is 10.3. The van der Waals surface area contributed by atoms with E-state index >= 15 is 0 Å². The molecule has 0 amide bonds. The number of methoxy groups -OCH3 is 1. The first-order chi connectivity index (χ1) is 12.9. The number of para-hydroxylation sites is 2. The number of nitrogens with zero attached hydrogens (tertiary/aromatic N) is 4. The molecule has 4 rings (SSSR count). The highest BCUT2D eigenvalue weighted by atomic mass is 16.5. The molecule has 0 unspecified atom stereocenters. The maximum atomic E-state index is 12.1. The van der Waals surface area contributed by atoms with E-state index in [9.17, 15) is 14.7 Å². The molecule has 0 aliphatic rings. The molecule has 2 aromatic carbocycles. The SMILES string of the molecule is COC(=O)c1cccc2c1nc(-c1nc3c(C(=O)O)cccc3n1C)n2C. The Morgan fingerprint density at radius 3 is 1.85 bits per heavy atom. The van der Waals surface area contributed by atoms with Crippen molar-refractivity contribution in [3.05, 3.63) is 47.5 Å². The highest BCUT2D eigenvalue weighted by Gasteiger charge is 2.22. The van der Waals surface area contributed by atoms with Gasteiger partial charge in [0.1, 0.15) is 11.0 Å². The van der Waals surface area contributed by atoms with Crippen LogP contribution in [0.2, 0.25) is 0 Å². The number of aryl methyl sites for hydroxylation is 2. The van der Waals surface area contributed by atoms with Crippen molar-refractivity contribution in [3.63, 3.8) is 0 Å². The largest absolute Gasteiger partial charge is 0.478 e. The van der Waals surface area contributed by atoms with Crippen molar-refractivity contribution < 1.29 is 19.4 Å². The van der Waals surface area contributed by atoms with Gasteiger partial charge in [-0.3, -0.25) is 0 Å². The highest BCUT2D eigenvalue weighted by Crippen LogP contribution is 2.29. The molecule has 0 saturated heterocycles. The minimum atomic E-state index is -1.04. The number of benzene rings is 2. The maximum Gasteiger partial charge on any atom is 0.340 e. The third-order valence-corrected chi connectivity index (χ3v) is 4.66. The van der Waals surface area contributed by atoms with Crippen LogP contribution >= 0.6 is 0 Å². The number of fused-ring (bicyclic) bond motifs is 2. The van der Waals surface area contributed by atoms with Gasteiger partial charge >= 0.3 is 11.9 Å². The van der Waals surface area contributed by atoms with Gasteiger partial charge in [0.2, 0.25) is 0 Å². The zero-order valence-corrected chi connectivity index (χ0v) is 14.9. The van der Waals surface area contributed by atoms with E-state index in [2.05, 4.69) is 9.97 Å². The third kappa shape index (κ3) is 2.37. The molecule has 0 aliphatic carbocycles. The molecule has 0 bridgehead atoms. The molecule has 0 fully saturated rings. The summed E-state index contributed by atoms with van der Waals surface area (Å²) >= 11 is 0. The molecule has 2 heterocycles. The maximum absolute atomic E-state index is 12.1. The van der Waals surface area contributed by atoms with Gasteiger partial charge in [-0.1, -0.05) is 12.1 Å². The Labute approximate surface area is 153 Å². The van der Waals surface area contributed by atoms with Crippen LogP contribution in [-0.4, -0.2) is 43.3 Å². The van der Waals surface area contributed by atoms with Crippen molar-refractivity contribution in [2.45, 2.75) is 0 Å². The molecule has 0 radical (unpaired) electrons. The average Bonchev–Trinajstić information content (AvgIpc) is 3.18. The lowest BCUT2D eigenvalue weighted by atomic mass is 10.2. The van der Waals surface area contributed by atoms with E-state index in [0.717, 1.165) is 5.52 Å². The number of carbonyl (C=O) groups excluding carboxylic acids is 1. The Balaban J connectivity index is 2.02. The zero-order chi connectivity index (χ0) is 19.3. The van der Waals surface area contributed by atoms with E-state index in [1.54, 1.807) is 35.9 Å². The fourth-order valence-electron chi connectivity index (χ4n) is 3.28. The predicted molar refractivity (Wildman–Crippen MR) is 98.7 cm³/mol. The molecule has 0 atom stereocenters. The second-order valence-electron chi connectivity index (χ2n) is 6.13. The number of carboxylic acids is 1. The second-order valence-corrected chi connectivity index (χ2v) is 6.13. The van der Waals surface area contributed by atoms with E-state index in [1.807, 2.05) is 17.7 Å². The number of aromatic carboxylic acids is 1. The Kier molecular flexibility index (Phi) is 3.69. The van der Waals surface area contributed by atoms with Gasteiger partial charge in [0, 0.05) is 14.1 Å². The molecule has 136 valence electrons. The lowest BCUT2D eigenvalue weighted by Gasteiger charge is -2.03. The summed E-state index contributed by atoms with van der Waals surface area (Å²) in [4.78, 5) is 32.7. The van der Waals surface area contributed by atoms with Gasteiger partial charge in [0.25, 0.3) is 0 Å². The lowest BCUT2D eigenvalue weighted by molar-refractivity contribution is 0.0602. The number of aromatic nitrogens is 4. The van der Waals surface area contributed by atoms with E-state index < -0.39 is 11.9 Å². The summed E-state index contributed by atoms with van der Waals surface area (Å²) in [6.45, 7) is 0. The minimum Gasteiger partial charge on any atom is -0.478 e. The zero-order valence-electron chi connectivity index (χ0n) is 14.9. The summed E-state index contributed by atoms with van der Waals surface area (Å²) in [6.07, 6.45) is 0. The summed E-state index contributed by atoms with van der Waals surface area (Å²) in [5.74, 6) is -0.476. The summed E-state index contributed by atoms with van der Waals surface area (Å²) < 4.78 is 8.45. The Morgan fingerprint density at radius 2 is 1.37 bits per heavy atom. The van der Waals surface area contributed by atoms with Crippen molar-refractivity contribution in [1.29, 1.82) is 0 Å². The number of imidazole rings is 2. The Bertz CT molecular complexity index is 1240. The predicted octanol–water partition coefficient (Wildman–Crippen LogP) is 2.61. The van der Waals surface area contributed by atoms with Crippen LogP contribution < -0.4 is 0 Å². The fourth-order valence-corrected chi connectivity index (χ4v) is 3.28. The smallest absolute Gasteiger partial charge is 0.340 e. The van der Waals surface area contributed by atoms with Crippen molar-refractivity contribution in [2.75, 3.05) is 7.11 Å². The van der Waals surface area contributed by atoms with Crippen LogP contribution in [0.25, 0.3) is 33.7 Å². The molecule has 4 aromatic rings. The van der Waals surface area contributed by atoms with Crippen molar-refractivity contribution in [2.24, 2.45) is 14.1 Å². The number of rotatable bonds is 3.